The van der Waals surface area contributed by atoms with Crippen LogP contribution in [0.4, 0.5) is 5.69 Å². The number of carbonyl (C=O) groups is 1. The molecule has 1 fully saturated rings. The smallest absolute Gasteiger partial charge is 0.244 e. The number of amides is 1. The predicted molar refractivity (Wildman–Crippen MR) is 106 cm³/mol. The number of rotatable bonds is 4. The van der Waals surface area contributed by atoms with Crippen LogP contribution in [0.15, 0.2) is 41.6 Å². The number of hydrogen-bond acceptors (Lipinski definition) is 4. The highest BCUT2D eigenvalue weighted by molar-refractivity contribution is 7.89. The van der Waals surface area contributed by atoms with Crippen molar-refractivity contribution < 1.29 is 13.2 Å². The number of anilines is 1. The Kier molecular flexibility index (Phi) is 6.05. The van der Waals surface area contributed by atoms with E-state index in [9.17, 15) is 13.2 Å². The van der Waals surface area contributed by atoms with Gasteiger partial charge in [0.05, 0.1) is 16.9 Å². The van der Waals surface area contributed by atoms with Crippen molar-refractivity contribution in [3.8, 4) is 0 Å². The van der Waals surface area contributed by atoms with E-state index in [1.807, 2.05) is 13.0 Å². The molecule has 2 heterocycles. The predicted octanol–water partition coefficient (Wildman–Crippen LogP) is 3.74. The molecular weight excluding hydrogens is 409 g/mol. The fourth-order valence-electron chi connectivity index (χ4n) is 3.00. The number of pyridine rings is 1. The standard InChI is InChI=1S/C18H19Cl2N3O3S/c1-12-4-7-21-11-16(12)22-18(24)13-5-8-23(9-6-13)27(25,26)17-10-14(19)2-3-15(17)20/h2-4,7,10-11,13H,5-6,8-9H2,1H3,(H,22,24). The molecule has 0 aliphatic carbocycles. The SMILES string of the molecule is Cc1ccncc1NC(=O)C1CCN(S(=O)(=O)c2cc(Cl)ccc2Cl)CC1. The molecule has 1 amide bonds. The molecule has 1 aliphatic heterocycles. The van der Waals surface area contributed by atoms with Gasteiger partial charge in [-0.05, 0) is 49.6 Å². The first-order chi connectivity index (χ1) is 12.8. The Bertz CT molecular complexity index is 958. The van der Waals surface area contributed by atoms with Crippen LogP contribution in [0.3, 0.4) is 0 Å². The van der Waals surface area contributed by atoms with Gasteiger partial charge in [-0.3, -0.25) is 9.78 Å². The number of nitrogens with one attached hydrogen (secondary N) is 1. The third kappa shape index (κ3) is 4.43. The van der Waals surface area contributed by atoms with Crippen LogP contribution in [0.2, 0.25) is 10.0 Å². The van der Waals surface area contributed by atoms with Crippen molar-refractivity contribution in [3.63, 3.8) is 0 Å². The number of nitrogens with zero attached hydrogens (tertiary/aromatic N) is 2. The topological polar surface area (TPSA) is 79.4 Å². The number of hydrogen-bond donors (Lipinski definition) is 1. The quantitative estimate of drug-likeness (QED) is 0.805. The van der Waals surface area contributed by atoms with E-state index in [1.54, 1.807) is 18.5 Å². The van der Waals surface area contributed by atoms with Gasteiger partial charge in [0.1, 0.15) is 4.90 Å². The molecule has 9 heteroatoms. The summed E-state index contributed by atoms with van der Waals surface area (Å²) in [6, 6.07) is 6.18. The van der Waals surface area contributed by atoms with E-state index in [0.717, 1.165) is 5.56 Å². The summed E-state index contributed by atoms with van der Waals surface area (Å²) in [5.41, 5.74) is 1.59. The summed E-state index contributed by atoms with van der Waals surface area (Å²) in [7, 11) is -3.75. The molecule has 1 N–H and O–H groups in total. The molecule has 3 rings (SSSR count). The first kappa shape index (κ1) is 20.1. The molecule has 0 unspecified atom stereocenters. The molecular formula is C18H19Cl2N3O3S. The van der Waals surface area contributed by atoms with E-state index in [2.05, 4.69) is 10.3 Å². The summed E-state index contributed by atoms with van der Waals surface area (Å²) in [6.45, 7) is 2.38. The normalized spacial score (nSPS) is 16.3. The largest absolute Gasteiger partial charge is 0.324 e. The van der Waals surface area contributed by atoms with Gasteiger partial charge in [-0.1, -0.05) is 23.2 Å². The van der Waals surface area contributed by atoms with Gasteiger partial charge in [-0.25, -0.2) is 8.42 Å². The lowest BCUT2D eigenvalue weighted by Gasteiger charge is -2.30. The van der Waals surface area contributed by atoms with Crippen LogP contribution in [-0.4, -0.2) is 36.7 Å². The number of sulfonamides is 1. The average molecular weight is 428 g/mol. The minimum atomic E-state index is -3.75. The lowest BCUT2D eigenvalue weighted by atomic mass is 9.97. The zero-order valence-corrected chi connectivity index (χ0v) is 17.0. The third-order valence-electron chi connectivity index (χ3n) is 4.63. The molecule has 2 aromatic rings. The van der Waals surface area contributed by atoms with Crippen molar-refractivity contribution >= 4 is 44.8 Å². The monoisotopic (exact) mass is 427 g/mol. The number of halogens is 2. The first-order valence-corrected chi connectivity index (χ1v) is 10.7. The van der Waals surface area contributed by atoms with Gasteiger partial charge in [0.15, 0.2) is 0 Å². The molecule has 0 radical (unpaired) electrons. The number of aryl methyl sites for hydroxylation is 1. The van der Waals surface area contributed by atoms with Crippen LogP contribution in [0.25, 0.3) is 0 Å². The first-order valence-electron chi connectivity index (χ1n) is 8.45. The molecule has 1 saturated heterocycles. The van der Waals surface area contributed by atoms with E-state index in [4.69, 9.17) is 23.2 Å². The van der Waals surface area contributed by atoms with E-state index in [0.29, 0.717) is 23.6 Å². The second-order valence-electron chi connectivity index (χ2n) is 6.43. The maximum absolute atomic E-state index is 12.8. The Balaban J connectivity index is 1.67. The van der Waals surface area contributed by atoms with Gasteiger partial charge >= 0.3 is 0 Å². The van der Waals surface area contributed by atoms with Crippen molar-refractivity contribution in [2.75, 3.05) is 18.4 Å². The lowest BCUT2D eigenvalue weighted by Crippen LogP contribution is -2.41. The van der Waals surface area contributed by atoms with Gasteiger partial charge in [-0.15, -0.1) is 0 Å². The number of benzene rings is 1. The minimum absolute atomic E-state index is 0.00875. The van der Waals surface area contributed by atoms with Crippen molar-refractivity contribution in [2.45, 2.75) is 24.7 Å². The molecule has 0 atom stereocenters. The zero-order chi connectivity index (χ0) is 19.6. The molecule has 0 saturated carbocycles. The fourth-order valence-corrected chi connectivity index (χ4v) is 5.21. The van der Waals surface area contributed by atoms with Gasteiger partial charge in [0.2, 0.25) is 15.9 Å². The second kappa shape index (κ2) is 8.14. The van der Waals surface area contributed by atoms with Crippen LogP contribution in [-0.2, 0) is 14.8 Å². The third-order valence-corrected chi connectivity index (χ3v) is 7.25. The lowest BCUT2D eigenvalue weighted by molar-refractivity contribution is -0.120. The molecule has 1 aromatic carbocycles. The summed E-state index contributed by atoms with van der Waals surface area (Å²) in [4.78, 5) is 16.5. The van der Waals surface area contributed by atoms with Gasteiger partial charge < -0.3 is 5.32 Å². The Labute approximate surface area is 168 Å². The van der Waals surface area contributed by atoms with E-state index in [-0.39, 0.29) is 34.8 Å². The highest BCUT2D eigenvalue weighted by Gasteiger charge is 2.33. The van der Waals surface area contributed by atoms with Crippen molar-refractivity contribution in [1.82, 2.24) is 9.29 Å². The molecule has 6 nitrogen and oxygen atoms in total. The van der Waals surface area contributed by atoms with Gasteiger partial charge in [-0.2, -0.15) is 4.31 Å². The molecule has 1 aromatic heterocycles. The Morgan fingerprint density at radius 3 is 2.59 bits per heavy atom. The Morgan fingerprint density at radius 1 is 1.22 bits per heavy atom. The number of carbonyl (C=O) groups excluding carboxylic acids is 1. The molecule has 1 aliphatic rings. The highest BCUT2D eigenvalue weighted by atomic mass is 35.5. The van der Waals surface area contributed by atoms with Gasteiger partial charge in [0.25, 0.3) is 0 Å². The summed E-state index contributed by atoms with van der Waals surface area (Å²) in [5.74, 6) is -0.380. The van der Waals surface area contributed by atoms with E-state index >= 15 is 0 Å². The zero-order valence-electron chi connectivity index (χ0n) is 14.7. The van der Waals surface area contributed by atoms with E-state index < -0.39 is 10.0 Å². The summed E-state index contributed by atoms with van der Waals surface area (Å²) in [6.07, 6.45) is 4.13. The van der Waals surface area contributed by atoms with Gasteiger partial charge in [0, 0.05) is 30.2 Å². The van der Waals surface area contributed by atoms with E-state index in [1.165, 1.54) is 16.4 Å². The number of aromatic nitrogens is 1. The summed E-state index contributed by atoms with van der Waals surface area (Å²) < 4.78 is 27.0. The molecule has 144 valence electrons. The van der Waals surface area contributed by atoms with Crippen molar-refractivity contribution in [1.29, 1.82) is 0 Å². The molecule has 27 heavy (non-hydrogen) atoms. The van der Waals surface area contributed by atoms with Crippen molar-refractivity contribution in [3.05, 3.63) is 52.3 Å². The number of piperidine rings is 1. The van der Waals surface area contributed by atoms with Crippen LogP contribution < -0.4 is 5.32 Å². The fraction of sp³-hybridized carbons (Fsp3) is 0.333. The van der Waals surface area contributed by atoms with Crippen LogP contribution in [0.5, 0.6) is 0 Å². The summed E-state index contributed by atoms with van der Waals surface area (Å²) in [5, 5.41) is 3.31. The average Bonchev–Trinajstić information content (AvgIpc) is 2.65. The highest BCUT2D eigenvalue weighted by Crippen LogP contribution is 2.30. The maximum atomic E-state index is 12.8. The Hall–Kier alpha value is -1.67. The van der Waals surface area contributed by atoms with Crippen molar-refractivity contribution in [2.24, 2.45) is 5.92 Å². The molecule has 0 bridgehead atoms. The Morgan fingerprint density at radius 2 is 1.93 bits per heavy atom. The minimum Gasteiger partial charge on any atom is -0.324 e. The van der Waals surface area contributed by atoms with Crippen LogP contribution in [0, 0.1) is 12.8 Å². The second-order valence-corrected chi connectivity index (χ2v) is 9.18. The van der Waals surface area contributed by atoms with Crippen LogP contribution >= 0.6 is 23.2 Å². The summed E-state index contributed by atoms with van der Waals surface area (Å²) >= 11 is 12.0. The molecule has 0 spiro atoms. The van der Waals surface area contributed by atoms with Crippen LogP contribution in [0.1, 0.15) is 18.4 Å². The maximum Gasteiger partial charge on any atom is 0.244 e.